The molecule has 1 aliphatic heterocycles. The topological polar surface area (TPSA) is 119 Å². The van der Waals surface area contributed by atoms with Gasteiger partial charge in [0.1, 0.15) is 40.8 Å². The van der Waals surface area contributed by atoms with Crippen LogP contribution in [0.25, 0.3) is 21.9 Å². The fourth-order valence-electron chi connectivity index (χ4n) is 5.02. The fraction of sp³-hybridized carbons (Fsp3) is 0.261. The summed E-state index contributed by atoms with van der Waals surface area (Å²) in [7, 11) is 0. The second-order valence-electron chi connectivity index (χ2n) is 8.66. The first kappa shape index (κ1) is 21.3. The number of hydrogen-bond acceptors (Lipinski definition) is 6. The lowest BCUT2D eigenvalue weighted by molar-refractivity contribution is -0.138. The molecule has 2 amide bonds. The Morgan fingerprint density at radius 1 is 1.21 bits per heavy atom. The molecule has 4 aromatic rings. The third kappa shape index (κ3) is 3.48. The largest absolute Gasteiger partial charge is 0.383 e. The highest BCUT2D eigenvalue weighted by atomic mass is 79.9. The van der Waals surface area contributed by atoms with Gasteiger partial charge in [0.2, 0.25) is 11.8 Å². The Bertz CT molecular complexity index is 1490. The minimum atomic E-state index is -0.542. The van der Waals surface area contributed by atoms with Crippen molar-refractivity contribution in [1.82, 2.24) is 24.4 Å². The zero-order valence-electron chi connectivity index (χ0n) is 17.8. The summed E-state index contributed by atoms with van der Waals surface area (Å²) in [4.78, 5) is 41.2. The highest BCUT2D eigenvalue weighted by molar-refractivity contribution is 9.10. The number of aromatic nitrogens is 4. The summed E-state index contributed by atoms with van der Waals surface area (Å²) in [5, 5.41) is 4.85. The Hall–Kier alpha value is -3.24. The molecule has 0 bridgehead atoms. The van der Waals surface area contributed by atoms with Crippen LogP contribution in [-0.4, -0.2) is 48.3 Å². The monoisotopic (exact) mass is 539 g/mol. The molecular weight excluding hydrogens is 522 g/mol. The number of benzene rings is 1. The molecule has 9 nitrogen and oxygen atoms in total. The molecule has 11 heteroatoms. The fourth-order valence-corrected chi connectivity index (χ4v) is 5.54. The minimum Gasteiger partial charge on any atom is -0.383 e. The van der Waals surface area contributed by atoms with Crippen LogP contribution in [0.15, 0.2) is 47.3 Å². The molecule has 6 rings (SSSR count). The van der Waals surface area contributed by atoms with E-state index in [1.807, 2.05) is 10.6 Å². The van der Waals surface area contributed by atoms with Crippen molar-refractivity contribution in [3.8, 4) is 0 Å². The average molecular weight is 541 g/mol. The lowest BCUT2D eigenvalue weighted by Crippen LogP contribution is -2.46. The molecule has 3 aromatic heterocycles. The van der Waals surface area contributed by atoms with E-state index in [2.05, 4.69) is 36.2 Å². The van der Waals surface area contributed by atoms with Gasteiger partial charge in [0, 0.05) is 16.5 Å². The number of pyridine rings is 1. The molecule has 1 saturated carbocycles. The van der Waals surface area contributed by atoms with E-state index in [1.54, 1.807) is 35.2 Å². The maximum Gasteiger partial charge on any atom is 0.248 e. The first-order valence-electron chi connectivity index (χ1n) is 10.8. The number of nitrogens with one attached hydrogen (secondary N) is 1. The number of anilines is 2. The van der Waals surface area contributed by atoms with Crippen LogP contribution in [-0.2, 0) is 16.1 Å². The number of likely N-dealkylation sites (tertiary alicyclic amines) is 1. The lowest BCUT2D eigenvalue weighted by atomic mass is 10.1. The van der Waals surface area contributed by atoms with Crippen LogP contribution >= 0.6 is 27.5 Å². The molecule has 1 saturated heterocycles. The van der Waals surface area contributed by atoms with Crippen molar-refractivity contribution in [2.45, 2.75) is 31.5 Å². The highest BCUT2D eigenvalue weighted by Crippen LogP contribution is 2.48. The molecule has 34 heavy (non-hydrogen) atoms. The number of nitrogen functional groups attached to an aromatic ring is 1. The zero-order valence-corrected chi connectivity index (χ0v) is 20.1. The smallest absolute Gasteiger partial charge is 0.248 e. The van der Waals surface area contributed by atoms with Crippen molar-refractivity contribution in [3.63, 3.8) is 0 Å². The predicted molar refractivity (Wildman–Crippen MR) is 132 cm³/mol. The van der Waals surface area contributed by atoms with Crippen molar-refractivity contribution in [3.05, 3.63) is 52.4 Å². The Labute approximate surface area is 207 Å². The van der Waals surface area contributed by atoms with E-state index in [0.29, 0.717) is 44.6 Å². The second-order valence-corrected chi connectivity index (χ2v) is 9.90. The van der Waals surface area contributed by atoms with E-state index in [4.69, 9.17) is 17.3 Å². The van der Waals surface area contributed by atoms with Crippen molar-refractivity contribution >= 4 is 72.9 Å². The van der Waals surface area contributed by atoms with Gasteiger partial charge in [-0.1, -0.05) is 17.7 Å². The van der Waals surface area contributed by atoms with E-state index < -0.39 is 6.04 Å². The number of nitrogens with zero attached hydrogens (tertiary/aromatic N) is 5. The molecular formula is C23H19BrClN7O2. The standard InChI is InChI=1S/C23H19BrClN7O2/c24-17-2-1-3-18(29-17)30-23(34)16-7-11-6-15(11)32(16)19(33)9-31-14-5-4-12(25)8-13(14)20-21(26)27-10-28-22(20)31/h1-5,8,10-11,15-16H,6-7,9H2,(H2,26,27,28)(H,29,30,34)/t11-,15?,16+/m1/s1. The van der Waals surface area contributed by atoms with Gasteiger partial charge < -0.3 is 20.5 Å². The van der Waals surface area contributed by atoms with E-state index in [-0.39, 0.29) is 24.4 Å². The van der Waals surface area contributed by atoms with Crippen LogP contribution in [0.2, 0.25) is 5.02 Å². The molecule has 3 N–H and O–H groups in total. The molecule has 172 valence electrons. The van der Waals surface area contributed by atoms with E-state index in [1.165, 1.54) is 6.33 Å². The maximum atomic E-state index is 13.6. The molecule has 0 spiro atoms. The molecule has 2 fully saturated rings. The van der Waals surface area contributed by atoms with Crippen LogP contribution in [0.3, 0.4) is 0 Å². The number of piperidine rings is 1. The third-order valence-corrected chi connectivity index (χ3v) is 7.26. The molecule has 3 atom stereocenters. The second kappa shape index (κ2) is 7.92. The molecule has 1 aromatic carbocycles. The van der Waals surface area contributed by atoms with Gasteiger partial charge in [0.25, 0.3) is 0 Å². The van der Waals surface area contributed by atoms with Gasteiger partial charge in [-0.2, -0.15) is 0 Å². The van der Waals surface area contributed by atoms with Gasteiger partial charge in [0.15, 0.2) is 0 Å². The number of nitrogens with two attached hydrogens (primary N) is 1. The van der Waals surface area contributed by atoms with Gasteiger partial charge in [-0.05, 0) is 65.0 Å². The molecule has 1 aliphatic carbocycles. The average Bonchev–Trinajstić information content (AvgIpc) is 3.35. The summed E-state index contributed by atoms with van der Waals surface area (Å²) in [6.07, 6.45) is 2.95. The molecule has 1 unspecified atom stereocenters. The van der Waals surface area contributed by atoms with E-state index >= 15 is 0 Å². The van der Waals surface area contributed by atoms with Crippen LogP contribution in [0.1, 0.15) is 12.8 Å². The van der Waals surface area contributed by atoms with Crippen LogP contribution in [0.4, 0.5) is 11.6 Å². The summed E-state index contributed by atoms with van der Waals surface area (Å²) in [6.45, 7) is 0.0280. The summed E-state index contributed by atoms with van der Waals surface area (Å²) >= 11 is 9.54. The summed E-state index contributed by atoms with van der Waals surface area (Å²) in [6, 6.07) is 10.3. The predicted octanol–water partition coefficient (Wildman–Crippen LogP) is 3.61. The van der Waals surface area contributed by atoms with Gasteiger partial charge in [0.05, 0.1) is 10.9 Å². The molecule has 4 heterocycles. The number of carbonyl (C=O) groups excluding carboxylic acids is 2. The highest BCUT2D eigenvalue weighted by Gasteiger charge is 2.56. The zero-order chi connectivity index (χ0) is 23.6. The van der Waals surface area contributed by atoms with Crippen LogP contribution in [0.5, 0.6) is 0 Å². The number of halogens is 2. The van der Waals surface area contributed by atoms with Gasteiger partial charge >= 0.3 is 0 Å². The number of amides is 2. The SMILES string of the molecule is Nc1ncnc2c1c1cc(Cl)ccc1n2CC(=O)N1C2C[C@@H]2C[C@H]1C(=O)Nc1cccc(Br)n1. The lowest BCUT2D eigenvalue weighted by Gasteiger charge is -2.27. The van der Waals surface area contributed by atoms with E-state index in [0.717, 1.165) is 17.3 Å². The van der Waals surface area contributed by atoms with Crippen molar-refractivity contribution in [2.24, 2.45) is 5.92 Å². The van der Waals surface area contributed by atoms with Gasteiger partial charge in [-0.3, -0.25) is 9.59 Å². The third-order valence-electron chi connectivity index (χ3n) is 6.59. The van der Waals surface area contributed by atoms with Gasteiger partial charge in [-0.15, -0.1) is 0 Å². The molecule has 2 aliphatic rings. The summed E-state index contributed by atoms with van der Waals surface area (Å²) in [5.41, 5.74) is 7.49. The Morgan fingerprint density at radius 2 is 2.06 bits per heavy atom. The Morgan fingerprint density at radius 3 is 2.88 bits per heavy atom. The number of fused-ring (bicyclic) bond motifs is 4. The number of carbonyl (C=O) groups is 2. The normalized spacial score (nSPS) is 21.1. The number of rotatable bonds is 4. The van der Waals surface area contributed by atoms with Crippen LogP contribution < -0.4 is 11.1 Å². The van der Waals surface area contributed by atoms with E-state index in [9.17, 15) is 9.59 Å². The van der Waals surface area contributed by atoms with Gasteiger partial charge in [-0.25, -0.2) is 15.0 Å². The first-order valence-corrected chi connectivity index (χ1v) is 12.0. The van der Waals surface area contributed by atoms with Crippen molar-refractivity contribution in [2.75, 3.05) is 11.1 Å². The summed E-state index contributed by atoms with van der Waals surface area (Å²) in [5.74, 6) is 0.750. The first-order chi connectivity index (χ1) is 16.4. The maximum absolute atomic E-state index is 13.6. The Kier molecular flexibility index (Phi) is 4.96. The van der Waals surface area contributed by atoms with Crippen molar-refractivity contribution in [1.29, 1.82) is 0 Å². The molecule has 0 radical (unpaired) electrons. The quantitative estimate of drug-likeness (QED) is 0.382. The minimum absolute atomic E-state index is 0.0280. The van der Waals surface area contributed by atoms with Crippen LogP contribution in [0, 0.1) is 5.92 Å². The summed E-state index contributed by atoms with van der Waals surface area (Å²) < 4.78 is 2.45. The number of hydrogen-bond donors (Lipinski definition) is 2. The Balaban J connectivity index is 1.32. The van der Waals surface area contributed by atoms with Crippen molar-refractivity contribution < 1.29 is 9.59 Å².